The first-order valence-electron chi connectivity index (χ1n) is 8.38. The average molecular weight is 323 g/mol. The summed E-state index contributed by atoms with van der Waals surface area (Å²) < 4.78 is 0. The van der Waals surface area contributed by atoms with Crippen molar-refractivity contribution in [2.45, 2.75) is 32.2 Å². The first-order valence-corrected chi connectivity index (χ1v) is 8.38. The number of carbonyl (C=O) groups is 2. The maximum absolute atomic E-state index is 12.6. The first kappa shape index (κ1) is 16.4. The van der Waals surface area contributed by atoms with Gasteiger partial charge in [-0.25, -0.2) is 4.90 Å². The lowest BCUT2D eigenvalue weighted by Crippen LogP contribution is -2.92. The number of quaternary nitrogens is 1. The molecule has 2 atom stereocenters. The Labute approximate surface area is 142 Å². The van der Waals surface area contributed by atoms with Gasteiger partial charge in [-0.3, -0.25) is 9.59 Å². The molecule has 0 radical (unpaired) electrons. The Morgan fingerprint density at radius 1 is 1.08 bits per heavy atom. The van der Waals surface area contributed by atoms with E-state index in [-0.39, 0.29) is 24.3 Å². The van der Waals surface area contributed by atoms with Crippen LogP contribution >= 0.6 is 0 Å². The van der Waals surface area contributed by atoms with E-state index in [4.69, 9.17) is 0 Å². The van der Waals surface area contributed by atoms with Crippen LogP contribution in [0.5, 0.6) is 0 Å². The zero-order valence-corrected chi connectivity index (χ0v) is 14.1. The summed E-state index contributed by atoms with van der Waals surface area (Å²) in [4.78, 5) is 26.2. The standard InChI is InChI=1S/C20H22N2O2/c1-14-8-10-17(11-9-14)22-19(23)12-18(20(22)24)21-13-15(2)16-6-4-3-5-7-16/h3-11,15,18,21H,12-13H2,1-2H3/p+1. The number of aryl methyl sites for hydroxylation is 1. The number of benzene rings is 2. The Bertz CT molecular complexity index is 725. The number of hydrogen-bond donors (Lipinski definition) is 1. The fourth-order valence-electron chi connectivity index (χ4n) is 3.09. The van der Waals surface area contributed by atoms with E-state index in [1.54, 1.807) is 0 Å². The van der Waals surface area contributed by atoms with Crippen LogP contribution in [-0.2, 0) is 9.59 Å². The smallest absolute Gasteiger partial charge is 0.292 e. The van der Waals surface area contributed by atoms with E-state index in [1.165, 1.54) is 10.5 Å². The monoisotopic (exact) mass is 323 g/mol. The molecule has 3 rings (SSSR count). The summed E-state index contributed by atoms with van der Waals surface area (Å²) in [6.45, 7) is 4.92. The molecular formula is C20H23N2O2+. The van der Waals surface area contributed by atoms with Crippen LogP contribution in [0.3, 0.4) is 0 Å². The van der Waals surface area contributed by atoms with Crippen LogP contribution in [0.15, 0.2) is 54.6 Å². The number of carbonyl (C=O) groups excluding carboxylic acids is 2. The quantitative estimate of drug-likeness (QED) is 0.856. The van der Waals surface area contributed by atoms with Gasteiger partial charge in [0, 0.05) is 5.92 Å². The van der Waals surface area contributed by atoms with Crippen molar-refractivity contribution in [3.63, 3.8) is 0 Å². The van der Waals surface area contributed by atoms with Crippen molar-refractivity contribution in [2.24, 2.45) is 0 Å². The third-order valence-corrected chi connectivity index (χ3v) is 4.62. The normalized spacial score (nSPS) is 18.9. The Hall–Kier alpha value is -2.46. The Kier molecular flexibility index (Phi) is 4.76. The zero-order chi connectivity index (χ0) is 17.1. The second-order valence-corrected chi connectivity index (χ2v) is 6.50. The molecule has 1 heterocycles. The molecule has 2 aromatic rings. The van der Waals surface area contributed by atoms with Crippen LogP contribution in [0.4, 0.5) is 5.69 Å². The van der Waals surface area contributed by atoms with E-state index in [2.05, 4.69) is 19.1 Å². The second kappa shape index (κ2) is 6.97. The van der Waals surface area contributed by atoms with E-state index in [0.717, 1.165) is 12.1 Å². The summed E-state index contributed by atoms with van der Waals surface area (Å²) in [6.07, 6.45) is 0.272. The minimum absolute atomic E-state index is 0.107. The summed E-state index contributed by atoms with van der Waals surface area (Å²) >= 11 is 0. The highest BCUT2D eigenvalue weighted by molar-refractivity contribution is 6.21. The van der Waals surface area contributed by atoms with Crippen LogP contribution in [0.1, 0.15) is 30.4 Å². The Morgan fingerprint density at radius 3 is 2.42 bits per heavy atom. The number of anilines is 1. The van der Waals surface area contributed by atoms with Crippen molar-refractivity contribution in [1.29, 1.82) is 0 Å². The molecule has 0 aliphatic carbocycles. The summed E-state index contributed by atoms with van der Waals surface area (Å²) in [5.74, 6) is 0.115. The van der Waals surface area contributed by atoms with Crippen molar-refractivity contribution in [1.82, 2.24) is 0 Å². The summed E-state index contributed by atoms with van der Waals surface area (Å²) in [5, 5.41) is 2.01. The Balaban J connectivity index is 1.65. The molecule has 1 aliphatic heterocycles. The first-order chi connectivity index (χ1) is 11.6. The van der Waals surface area contributed by atoms with Crippen molar-refractivity contribution in [2.75, 3.05) is 11.4 Å². The van der Waals surface area contributed by atoms with Crippen LogP contribution < -0.4 is 10.2 Å². The van der Waals surface area contributed by atoms with Crippen LogP contribution in [-0.4, -0.2) is 24.4 Å². The van der Waals surface area contributed by atoms with E-state index >= 15 is 0 Å². The molecule has 4 heteroatoms. The minimum Gasteiger partial charge on any atom is -0.335 e. The number of imide groups is 1. The maximum atomic E-state index is 12.6. The van der Waals surface area contributed by atoms with Crippen molar-refractivity contribution >= 4 is 17.5 Å². The van der Waals surface area contributed by atoms with Gasteiger partial charge in [0.05, 0.1) is 18.7 Å². The highest BCUT2D eigenvalue weighted by atomic mass is 16.2. The zero-order valence-electron chi connectivity index (χ0n) is 14.1. The lowest BCUT2D eigenvalue weighted by molar-refractivity contribution is -0.676. The number of nitrogens with two attached hydrogens (primary N) is 1. The average Bonchev–Trinajstić information content (AvgIpc) is 2.88. The highest BCUT2D eigenvalue weighted by Gasteiger charge is 2.42. The molecule has 0 saturated carbocycles. The van der Waals surface area contributed by atoms with Crippen molar-refractivity contribution in [3.05, 3.63) is 65.7 Å². The summed E-state index contributed by atoms with van der Waals surface area (Å²) in [5.41, 5.74) is 3.03. The number of amides is 2. The predicted molar refractivity (Wildman–Crippen MR) is 93.7 cm³/mol. The lowest BCUT2D eigenvalue weighted by atomic mass is 10.0. The third kappa shape index (κ3) is 3.39. The fraction of sp³-hybridized carbons (Fsp3) is 0.300. The molecule has 0 aromatic heterocycles. The third-order valence-electron chi connectivity index (χ3n) is 4.62. The number of nitrogens with zero attached hydrogens (tertiary/aromatic N) is 1. The van der Waals surface area contributed by atoms with Gasteiger partial charge in [-0.15, -0.1) is 0 Å². The Morgan fingerprint density at radius 2 is 1.75 bits per heavy atom. The fourth-order valence-corrected chi connectivity index (χ4v) is 3.09. The number of hydrogen-bond acceptors (Lipinski definition) is 2. The largest absolute Gasteiger partial charge is 0.335 e. The van der Waals surface area contributed by atoms with Crippen molar-refractivity contribution < 1.29 is 14.9 Å². The van der Waals surface area contributed by atoms with E-state index in [0.29, 0.717) is 11.6 Å². The molecule has 2 unspecified atom stereocenters. The van der Waals surface area contributed by atoms with Crippen LogP contribution in [0, 0.1) is 6.92 Å². The van der Waals surface area contributed by atoms with Crippen molar-refractivity contribution in [3.8, 4) is 0 Å². The predicted octanol–water partition coefficient (Wildman–Crippen LogP) is 1.99. The van der Waals surface area contributed by atoms with Gasteiger partial charge in [0.2, 0.25) is 5.91 Å². The summed E-state index contributed by atoms with van der Waals surface area (Å²) in [7, 11) is 0. The SMILES string of the molecule is Cc1ccc(N2C(=O)CC([NH2+]CC(C)c3ccccc3)C2=O)cc1. The minimum atomic E-state index is -0.315. The van der Waals surface area contributed by atoms with Gasteiger partial charge >= 0.3 is 0 Å². The van der Waals surface area contributed by atoms with E-state index in [1.807, 2.05) is 54.7 Å². The second-order valence-electron chi connectivity index (χ2n) is 6.50. The van der Waals surface area contributed by atoms with Gasteiger partial charge in [0.25, 0.3) is 5.91 Å². The molecule has 0 spiro atoms. The molecule has 2 N–H and O–H groups in total. The molecule has 4 nitrogen and oxygen atoms in total. The topological polar surface area (TPSA) is 54.0 Å². The molecule has 1 fully saturated rings. The van der Waals surface area contributed by atoms with Gasteiger partial charge in [-0.1, -0.05) is 55.0 Å². The van der Waals surface area contributed by atoms with Gasteiger partial charge in [0.1, 0.15) is 0 Å². The molecular weight excluding hydrogens is 300 g/mol. The van der Waals surface area contributed by atoms with E-state index in [9.17, 15) is 9.59 Å². The molecule has 1 saturated heterocycles. The van der Waals surface area contributed by atoms with Gasteiger partial charge < -0.3 is 5.32 Å². The maximum Gasteiger partial charge on any atom is 0.292 e. The molecule has 24 heavy (non-hydrogen) atoms. The lowest BCUT2D eigenvalue weighted by Gasteiger charge is -2.16. The molecule has 0 bridgehead atoms. The molecule has 1 aliphatic rings. The summed E-state index contributed by atoms with van der Waals surface area (Å²) in [6, 6.07) is 17.4. The molecule has 124 valence electrons. The van der Waals surface area contributed by atoms with E-state index < -0.39 is 0 Å². The van der Waals surface area contributed by atoms with Crippen LogP contribution in [0.25, 0.3) is 0 Å². The van der Waals surface area contributed by atoms with Crippen LogP contribution in [0.2, 0.25) is 0 Å². The number of rotatable bonds is 5. The molecule has 2 amide bonds. The van der Waals surface area contributed by atoms with Gasteiger partial charge in [-0.05, 0) is 24.6 Å². The van der Waals surface area contributed by atoms with Gasteiger partial charge in [-0.2, -0.15) is 0 Å². The highest BCUT2D eigenvalue weighted by Crippen LogP contribution is 2.22. The molecule has 2 aromatic carbocycles. The van der Waals surface area contributed by atoms with Gasteiger partial charge in [0.15, 0.2) is 6.04 Å².